The molecule has 0 fully saturated rings. The van der Waals surface area contributed by atoms with Gasteiger partial charge in [0.2, 0.25) is 0 Å². The van der Waals surface area contributed by atoms with Crippen molar-refractivity contribution in [2.45, 2.75) is 18.7 Å². The van der Waals surface area contributed by atoms with E-state index in [9.17, 15) is 0 Å². The zero-order valence-electron chi connectivity index (χ0n) is 10.7. The Morgan fingerprint density at radius 3 is 2.76 bits per heavy atom. The molecule has 96 valence electrons. The third kappa shape index (κ3) is 5.33. The van der Waals surface area contributed by atoms with Gasteiger partial charge in [0, 0.05) is 22.9 Å². The molecule has 0 spiro atoms. The number of hydrogen-bond donors (Lipinski definition) is 1. The Hall–Kier alpha value is -0.870. The van der Waals surface area contributed by atoms with E-state index in [1.807, 2.05) is 18.2 Å². The van der Waals surface area contributed by atoms with Gasteiger partial charge in [0.25, 0.3) is 0 Å². The van der Waals surface area contributed by atoms with Gasteiger partial charge >= 0.3 is 0 Å². The third-order valence-electron chi connectivity index (χ3n) is 2.16. The third-order valence-corrected chi connectivity index (χ3v) is 3.19. The van der Waals surface area contributed by atoms with Gasteiger partial charge in [-0.1, -0.05) is 13.8 Å². The smallest absolute Gasteiger partial charge is 0.120 e. The summed E-state index contributed by atoms with van der Waals surface area (Å²) in [4.78, 5) is 1.05. The second kappa shape index (κ2) is 7.45. The van der Waals surface area contributed by atoms with E-state index in [0.29, 0.717) is 5.92 Å². The molecule has 0 saturated carbocycles. The van der Waals surface area contributed by atoms with Crippen LogP contribution in [0, 0.1) is 5.92 Å². The molecule has 1 rings (SSSR count). The number of rotatable bonds is 7. The first-order chi connectivity index (χ1) is 8.13. The second-order valence-electron chi connectivity index (χ2n) is 4.22. The lowest BCUT2D eigenvalue weighted by Crippen LogP contribution is -2.04. The molecule has 0 heterocycles. The van der Waals surface area contributed by atoms with Crippen LogP contribution < -0.4 is 10.5 Å². The highest BCUT2D eigenvalue weighted by Gasteiger charge is 2.02. The molecule has 1 aromatic rings. The second-order valence-corrected chi connectivity index (χ2v) is 5.36. The number of ether oxygens (including phenoxy) is 2. The summed E-state index contributed by atoms with van der Waals surface area (Å²) < 4.78 is 10.7. The highest BCUT2D eigenvalue weighted by atomic mass is 32.2. The summed E-state index contributed by atoms with van der Waals surface area (Å²) in [6.07, 6.45) is 0. The molecule has 1 aromatic carbocycles. The van der Waals surface area contributed by atoms with Crippen molar-refractivity contribution in [3.8, 4) is 5.75 Å². The Morgan fingerprint density at radius 2 is 2.12 bits per heavy atom. The van der Waals surface area contributed by atoms with Crippen molar-refractivity contribution >= 4 is 17.4 Å². The van der Waals surface area contributed by atoms with E-state index in [1.54, 1.807) is 18.9 Å². The fourth-order valence-corrected chi connectivity index (χ4v) is 2.15. The minimum atomic E-state index is 0.585. The first-order valence-corrected chi connectivity index (χ1v) is 6.76. The topological polar surface area (TPSA) is 44.5 Å². The summed E-state index contributed by atoms with van der Waals surface area (Å²) >= 11 is 1.70. The Labute approximate surface area is 108 Å². The lowest BCUT2D eigenvalue weighted by molar-refractivity contribution is 0.124. The van der Waals surface area contributed by atoms with Crippen molar-refractivity contribution < 1.29 is 9.47 Å². The molecule has 0 aliphatic rings. The zero-order chi connectivity index (χ0) is 12.7. The summed E-state index contributed by atoms with van der Waals surface area (Å²) in [5.74, 6) is 2.33. The number of nitrogen functional groups attached to an aromatic ring is 1. The van der Waals surface area contributed by atoms with Crippen LogP contribution in [0.25, 0.3) is 0 Å². The SMILES string of the molecule is COc1ccc(N)c(SCCOCC(C)C)c1. The standard InChI is InChI=1S/C13H21NO2S/c1-10(2)9-16-6-7-17-13-8-11(15-3)4-5-12(13)14/h4-5,8,10H,6-7,9,14H2,1-3H3. The number of thioether (sulfide) groups is 1. The molecule has 17 heavy (non-hydrogen) atoms. The first-order valence-electron chi connectivity index (χ1n) is 5.77. The number of benzene rings is 1. The van der Waals surface area contributed by atoms with Crippen LogP contribution in [0.5, 0.6) is 5.75 Å². The summed E-state index contributed by atoms with van der Waals surface area (Å²) in [6.45, 7) is 5.86. The zero-order valence-corrected chi connectivity index (χ0v) is 11.5. The number of anilines is 1. The van der Waals surface area contributed by atoms with E-state index in [2.05, 4.69) is 13.8 Å². The first kappa shape index (κ1) is 14.2. The molecule has 2 N–H and O–H groups in total. The average molecular weight is 255 g/mol. The highest BCUT2D eigenvalue weighted by Crippen LogP contribution is 2.28. The van der Waals surface area contributed by atoms with Gasteiger partial charge in [0.15, 0.2) is 0 Å². The summed E-state index contributed by atoms with van der Waals surface area (Å²) in [6, 6.07) is 5.70. The maximum absolute atomic E-state index is 5.89. The molecular formula is C13H21NO2S. The Balaban J connectivity index is 2.35. The molecule has 0 aliphatic carbocycles. The predicted molar refractivity (Wildman–Crippen MR) is 73.8 cm³/mol. The fourth-order valence-electron chi connectivity index (χ4n) is 1.30. The van der Waals surface area contributed by atoms with Crippen molar-refractivity contribution in [1.29, 1.82) is 0 Å². The van der Waals surface area contributed by atoms with E-state index in [4.69, 9.17) is 15.2 Å². The summed E-state index contributed by atoms with van der Waals surface area (Å²) in [5.41, 5.74) is 6.68. The minimum absolute atomic E-state index is 0.585. The van der Waals surface area contributed by atoms with Gasteiger partial charge in [-0.2, -0.15) is 0 Å². The molecule has 0 bridgehead atoms. The van der Waals surface area contributed by atoms with Crippen molar-refractivity contribution in [1.82, 2.24) is 0 Å². The van der Waals surface area contributed by atoms with Gasteiger partial charge in [-0.3, -0.25) is 0 Å². The Bertz CT molecular complexity index is 342. The van der Waals surface area contributed by atoms with Crippen LogP contribution in [0.3, 0.4) is 0 Å². The average Bonchev–Trinajstić information content (AvgIpc) is 2.30. The molecule has 0 amide bonds. The monoisotopic (exact) mass is 255 g/mol. The van der Waals surface area contributed by atoms with Crippen LogP contribution in [-0.2, 0) is 4.74 Å². The largest absolute Gasteiger partial charge is 0.497 e. The highest BCUT2D eigenvalue weighted by molar-refractivity contribution is 7.99. The molecule has 0 saturated heterocycles. The quantitative estimate of drug-likeness (QED) is 0.462. The van der Waals surface area contributed by atoms with Gasteiger partial charge in [0.05, 0.1) is 13.7 Å². The lowest BCUT2D eigenvalue weighted by atomic mass is 10.2. The van der Waals surface area contributed by atoms with Crippen molar-refractivity contribution in [2.75, 3.05) is 31.8 Å². The van der Waals surface area contributed by atoms with Crippen LogP contribution in [0.4, 0.5) is 5.69 Å². The molecule has 0 aliphatic heterocycles. The molecule has 0 aromatic heterocycles. The van der Waals surface area contributed by atoms with Crippen molar-refractivity contribution in [3.05, 3.63) is 18.2 Å². The maximum atomic E-state index is 5.89. The molecule has 0 atom stereocenters. The van der Waals surface area contributed by atoms with Gasteiger partial charge in [-0.05, 0) is 24.1 Å². The predicted octanol–water partition coefficient (Wildman–Crippen LogP) is 3.04. The number of nitrogens with two attached hydrogens (primary N) is 1. The van der Waals surface area contributed by atoms with Gasteiger partial charge in [0.1, 0.15) is 5.75 Å². The number of methoxy groups -OCH3 is 1. The van der Waals surface area contributed by atoms with Crippen LogP contribution in [0.1, 0.15) is 13.8 Å². The van der Waals surface area contributed by atoms with E-state index in [0.717, 1.165) is 35.3 Å². The van der Waals surface area contributed by atoms with Crippen LogP contribution >= 0.6 is 11.8 Å². The van der Waals surface area contributed by atoms with Crippen LogP contribution in [0.2, 0.25) is 0 Å². The number of hydrogen-bond acceptors (Lipinski definition) is 4. The Morgan fingerprint density at radius 1 is 1.35 bits per heavy atom. The molecule has 0 radical (unpaired) electrons. The van der Waals surface area contributed by atoms with Gasteiger partial charge < -0.3 is 15.2 Å². The van der Waals surface area contributed by atoms with Gasteiger partial charge in [-0.25, -0.2) is 0 Å². The minimum Gasteiger partial charge on any atom is -0.497 e. The van der Waals surface area contributed by atoms with Crippen LogP contribution in [-0.4, -0.2) is 26.1 Å². The van der Waals surface area contributed by atoms with E-state index in [-0.39, 0.29) is 0 Å². The Kier molecular flexibility index (Phi) is 6.22. The molecule has 0 unspecified atom stereocenters. The maximum Gasteiger partial charge on any atom is 0.120 e. The summed E-state index contributed by atoms with van der Waals surface area (Å²) in [7, 11) is 1.66. The van der Waals surface area contributed by atoms with E-state index < -0.39 is 0 Å². The molecular weight excluding hydrogens is 234 g/mol. The lowest BCUT2D eigenvalue weighted by Gasteiger charge is -2.09. The van der Waals surface area contributed by atoms with E-state index >= 15 is 0 Å². The van der Waals surface area contributed by atoms with Crippen LogP contribution in [0.15, 0.2) is 23.1 Å². The van der Waals surface area contributed by atoms with Crippen molar-refractivity contribution in [3.63, 3.8) is 0 Å². The van der Waals surface area contributed by atoms with Gasteiger partial charge in [-0.15, -0.1) is 11.8 Å². The van der Waals surface area contributed by atoms with E-state index in [1.165, 1.54) is 0 Å². The fraction of sp³-hybridized carbons (Fsp3) is 0.538. The molecule has 3 nitrogen and oxygen atoms in total. The molecule has 4 heteroatoms. The van der Waals surface area contributed by atoms with Crippen molar-refractivity contribution in [2.24, 2.45) is 5.92 Å². The normalized spacial score (nSPS) is 10.8. The summed E-state index contributed by atoms with van der Waals surface area (Å²) in [5, 5.41) is 0.